The fourth-order valence-corrected chi connectivity index (χ4v) is 4.37. The molecule has 3 aromatic rings. The number of amides is 1. The van der Waals surface area contributed by atoms with Crippen LogP contribution < -0.4 is 10.5 Å². The van der Waals surface area contributed by atoms with Gasteiger partial charge < -0.3 is 4.90 Å². The normalized spacial score (nSPS) is 14.3. The number of carbonyl (C=O) groups excluding carboxylic acids is 1. The molecule has 0 bridgehead atoms. The second-order valence-corrected chi connectivity index (χ2v) is 8.00. The summed E-state index contributed by atoms with van der Waals surface area (Å²) in [5.41, 5.74) is 1.09. The first kappa shape index (κ1) is 17.8. The van der Waals surface area contributed by atoms with E-state index in [9.17, 15) is 9.59 Å². The van der Waals surface area contributed by atoms with E-state index in [1.165, 1.54) is 4.68 Å². The smallest absolute Gasteiger partial charge is 0.279 e. The molecule has 0 fully saturated rings. The first-order valence-electron chi connectivity index (χ1n) is 9.13. The van der Waals surface area contributed by atoms with Crippen LogP contribution in [0.15, 0.2) is 58.2 Å². The Bertz CT molecular complexity index is 1070. The number of fused-ring (bicyclic) bond motifs is 2. The van der Waals surface area contributed by atoms with Crippen molar-refractivity contribution in [2.75, 3.05) is 17.2 Å². The van der Waals surface area contributed by atoms with Crippen LogP contribution in [0.2, 0.25) is 0 Å². The Morgan fingerprint density at radius 1 is 1.07 bits per heavy atom. The third-order valence-electron chi connectivity index (χ3n) is 4.70. The predicted molar refractivity (Wildman–Crippen MR) is 110 cm³/mol. The largest absolute Gasteiger partial charge is 0.306 e. The van der Waals surface area contributed by atoms with Crippen molar-refractivity contribution in [1.29, 1.82) is 0 Å². The molecule has 0 saturated heterocycles. The lowest BCUT2D eigenvalue weighted by Gasteiger charge is -2.23. The number of thioether (sulfide) groups is 1. The number of aromatic nitrogens is 2. The van der Waals surface area contributed by atoms with E-state index in [1.54, 1.807) is 28.8 Å². The fraction of sp³-hybridized carbons (Fsp3) is 0.286. The summed E-state index contributed by atoms with van der Waals surface area (Å²) in [6.07, 6.45) is 0.910. The highest BCUT2D eigenvalue weighted by Gasteiger charge is 2.26. The van der Waals surface area contributed by atoms with Gasteiger partial charge in [-0.25, -0.2) is 4.68 Å². The molecule has 138 valence electrons. The van der Waals surface area contributed by atoms with E-state index in [0.717, 1.165) is 22.8 Å². The minimum Gasteiger partial charge on any atom is -0.306 e. The average molecular weight is 379 g/mol. The van der Waals surface area contributed by atoms with Crippen LogP contribution in [-0.2, 0) is 0 Å². The molecule has 1 aliphatic heterocycles. The molecule has 0 unspecified atom stereocenters. The van der Waals surface area contributed by atoms with Gasteiger partial charge in [0.05, 0.1) is 17.1 Å². The molecule has 4 rings (SSSR count). The Morgan fingerprint density at radius 3 is 2.56 bits per heavy atom. The monoisotopic (exact) mass is 379 g/mol. The summed E-state index contributed by atoms with van der Waals surface area (Å²) in [7, 11) is 0. The molecule has 5 nitrogen and oxygen atoms in total. The number of hydrogen-bond acceptors (Lipinski definition) is 4. The molecule has 27 heavy (non-hydrogen) atoms. The third-order valence-corrected chi connectivity index (χ3v) is 5.85. The van der Waals surface area contributed by atoms with Crippen LogP contribution >= 0.6 is 11.8 Å². The van der Waals surface area contributed by atoms with Crippen LogP contribution in [-0.4, -0.2) is 28.0 Å². The third kappa shape index (κ3) is 3.14. The minimum atomic E-state index is -0.163. The predicted octanol–water partition coefficient (Wildman–Crippen LogP) is 4.12. The molecule has 6 heteroatoms. The number of nitrogens with zero attached hydrogens (tertiary/aromatic N) is 3. The molecule has 0 atom stereocenters. The summed E-state index contributed by atoms with van der Waals surface area (Å²) < 4.78 is 1.41. The SMILES string of the molecule is CC(C)n1nc(C(=O)N2CCCSc3ccccc32)c2ccccc2c1=O. The standard InChI is InChI=1S/C21H21N3O2S/c1-14(2)24-20(25)16-9-4-3-8-15(16)19(22-24)21(26)23-12-7-13-27-18-11-6-5-10-17(18)23/h3-6,8-11,14H,7,12-13H2,1-2H3. The lowest BCUT2D eigenvalue weighted by Crippen LogP contribution is -2.35. The van der Waals surface area contributed by atoms with Gasteiger partial charge in [-0.2, -0.15) is 5.10 Å². The molecular formula is C21H21N3O2S. The van der Waals surface area contributed by atoms with E-state index in [2.05, 4.69) is 5.10 Å². The number of rotatable bonds is 2. The Labute approximate surface area is 162 Å². The maximum absolute atomic E-state index is 13.6. The number of carbonyl (C=O) groups is 1. The van der Waals surface area contributed by atoms with Gasteiger partial charge in [0.25, 0.3) is 11.5 Å². The van der Waals surface area contributed by atoms with Gasteiger partial charge in [0, 0.05) is 16.8 Å². The molecule has 0 N–H and O–H groups in total. The second kappa shape index (κ2) is 7.19. The lowest BCUT2D eigenvalue weighted by molar-refractivity contribution is 0.0981. The van der Waals surface area contributed by atoms with E-state index >= 15 is 0 Å². The van der Waals surface area contributed by atoms with Gasteiger partial charge in [-0.1, -0.05) is 30.3 Å². The molecule has 2 heterocycles. The topological polar surface area (TPSA) is 55.2 Å². The zero-order valence-corrected chi connectivity index (χ0v) is 16.2. The van der Waals surface area contributed by atoms with E-state index in [4.69, 9.17) is 0 Å². The summed E-state index contributed by atoms with van der Waals surface area (Å²) in [5, 5.41) is 5.62. The number of hydrogen-bond donors (Lipinski definition) is 0. The van der Waals surface area contributed by atoms with Crippen LogP contribution in [0.25, 0.3) is 10.8 Å². The molecule has 0 radical (unpaired) electrons. The van der Waals surface area contributed by atoms with Crippen LogP contribution in [0.3, 0.4) is 0 Å². The Balaban J connectivity index is 1.91. The molecule has 0 spiro atoms. The molecule has 1 aliphatic rings. The average Bonchev–Trinajstić information content (AvgIpc) is 2.90. The maximum Gasteiger partial charge on any atom is 0.279 e. The van der Waals surface area contributed by atoms with Crippen molar-refractivity contribution in [1.82, 2.24) is 9.78 Å². The van der Waals surface area contributed by atoms with Crippen molar-refractivity contribution < 1.29 is 4.79 Å². The first-order valence-corrected chi connectivity index (χ1v) is 10.1. The summed E-state index contributed by atoms with van der Waals surface area (Å²) in [4.78, 5) is 29.2. The van der Waals surface area contributed by atoms with Gasteiger partial charge >= 0.3 is 0 Å². The molecule has 1 amide bonds. The summed E-state index contributed by atoms with van der Waals surface area (Å²) in [6, 6.07) is 15.1. The minimum absolute atomic E-state index is 0.124. The van der Waals surface area contributed by atoms with Gasteiger partial charge in [0.1, 0.15) is 0 Å². The summed E-state index contributed by atoms with van der Waals surface area (Å²) in [5.74, 6) is 0.816. The second-order valence-electron chi connectivity index (χ2n) is 6.86. The molecule has 1 aromatic heterocycles. The quantitative estimate of drug-likeness (QED) is 0.672. The van der Waals surface area contributed by atoms with E-state index < -0.39 is 0 Å². The molecular weight excluding hydrogens is 358 g/mol. The van der Waals surface area contributed by atoms with Crippen LogP contribution in [0.5, 0.6) is 0 Å². The molecule has 0 aliphatic carbocycles. The fourth-order valence-electron chi connectivity index (χ4n) is 3.38. The zero-order chi connectivity index (χ0) is 19.0. The van der Waals surface area contributed by atoms with Crippen LogP contribution in [0, 0.1) is 0 Å². The zero-order valence-electron chi connectivity index (χ0n) is 15.4. The van der Waals surface area contributed by atoms with Gasteiger partial charge in [-0.05, 0) is 44.2 Å². The van der Waals surface area contributed by atoms with Crippen molar-refractivity contribution in [3.8, 4) is 0 Å². The summed E-state index contributed by atoms with van der Waals surface area (Å²) >= 11 is 1.77. The first-order chi connectivity index (χ1) is 13.1. The highest BCUT2D eigenvalue weighted by Crippen LogP contribution is 2.34. The van der Waals surface area contributed by atoms with E-state index in [0.29, 0.717) is 23.0 Å². The lowest BCUT2D eigenvalue weighted by atomic mass is 10.1. The highest BCUT2D eigenvalue weighted by atomic mass is 32.2. The van der Waals surface area contributed by atoms with Crippen molar-refractivity contribution in [2.24, 2.45) is 0 Å². The number of benzene rings is 2. The highest BCUT2D eigenvalue weighted by molar-refractivity contribution is 7.99. The van der Waals surface area contributed by atoms with Gasteiger partial charge in [-0.15, -0.1) is 11.8 Å². The van der Waals surface area contributed by atoms with Crippen molar-refractivity contribution in [3.05, 3.63) is 64.6 Å². The Kier molecular flexibility index (Phi) is 4.74. The Hall–Kier alpha value is -2.60. The van der Waals surface area contributed by atoms with Crippen LogP contribution in [0.1, 0.15) is 36.8 Å². The summed E-state index contributed by atoms with van der Waals surface area (Å²) in [6.45, 7) is 4.43. The van der Waals surface area contributed by atoms with Crippen LogP contribution in [0.4, 0.5) is 5.69 Å². The maximum atomic E-state index is 13.6. The van der Waals surface area contributed by atoms with Crippen molar-refractivity contribution in [2.45, 2.75) is 31.2 Å². The van der Waals surface area contributed by atoms with Gasteiger partial charge in [-0.3, -0.25) is 9.59 Å². The molecule has 2 aromatic carbocycles. The number of anilines is 1. The number of para-hydroxylation sites is 1. The van der Waals surface area contributed by atoms with Crippen molar-refractivity contribution in [3.63, 3.8) is 0 Å². The van der Waals surface area contributed by atoms with E-state index in [-0.39, 0.29) is 17.5 Å². The van der Waals surface area contributed by atoms with Crippen molar-refractivity contribution >= 4 is 34.1 Å². The molecule has 0 saturated carbocycles. The van der Waals surface area contributed by atoms with E-state index in [1.807, 2.05) is 50.2 Å². The van der Waals surface area contributed by atoms with Gasteiger partial charge in [0.15, 0.2) is 5.69 Å². The Morgan fingerprint density at radius 2 is 1.78 bits per heavy atom. The van der Waals surface area contributed by atoms with Gasteiger partial charge in [0.2, 0.25) is 0 Å².